The molecule has 2 aromatic rings. The van der Waals surface area contributed by atoms with Crippen LogP contribution in [-0.2, 0) is 39.8 Å². The number of carbonyl (C=O) groups is 3. The van der Waals surface area contributed by atoms with E-state index in [1.165, 1.54) is 6.92 Å². The van der Waals surface area contributed by atoms with Gasteiger partial charge in [0.2, 0.25) is 0 Å². The number of hydrogen-bond donors (Lipinski definition) is 1. The topological polar surface area (TPSA) is 170 Å². The molecule has 6 heterocycles. The van der Waals surface area contributed by atoms with Crippen molar-refractivity contribution in [3.05, 3.63) is 37.1 Å². The highest BCUT2D eigenvalue weighted by molar-refractivity contribution is 6.00. The van der Waals surface area contributed by atoms with Crippen molar-refractivity contribution in [2.45, 2.75) is 142 Å². The monoisotopic (exact) mass is 809 g/mol. The highest BCUT2D eigenvalue weighted by atomic mass is 16.7. The van der Waals surface area contributed by atoms with Crippen molar-refractivity contribution in [3.63, 3.8) is 0 Å². The number of esters is 1. The minimum atomic E-state index is -1.27. The molecular weight excluding hydrogens is 747 g/mol. The van der Waals surface area contributed by atoms with Crippen LogP contribution in [0.2, 0.25) is 0 Å². The van der Waals surface area contributed by atoms with Gasteiger partial charge >= 0.3 is 12.1 Å². The van der Waals surface area contributed by atoms with Gasteiger partial charge in [-0.15, -0.1) is 0 Å². The van der Waals surface area contributed by atoms with E-state index in [0.29, 0.717) is 38.8 Å². The number of ketones is 1. The number of aliphatic hydroxyl groups excluding tert-OH is 1. The number of likely N-dealkylation sites (N-methyl/N-ethyl adjacent to an activating group) is 1. The number of nitrogens with zero attached hydrogens (tertiary/aromatic N) is 7. The van der Waals surface area contributed by atoms with Crippen LogP contribution in [-0.4, -0.2) is 140 Å². The molecule has 3 fully saturated rings. The predicted molar refractivity (Wildman–Crippen MR) is 214 cm³/mol. The van der Waals surface area contributed by atoms with Crippen molar-refractivity contribution in [2.75, 3.05) is 27.7 Å². The quantitative estimate of drug-likeness (QED) is 0.262. The number of rotatable bonds is 10. The number of aliphatic hydroxyl groups is 1. The third-order valence-corrected chi connectivity index (χ3v) is 12.9. The first-order valence-corrected chi connectivity index (χ1v) is 20.7. The highest BCUT2D eigenvalue weighted by Gasteiger charge is 2.63. The largest absolute Gasteiger partial charge is 0.457 e. The first kappa shape index (κ1) is 43.6. The van der Waals surface area contributed by atoms with Crippen molar-refractivity contribution in [2.24, 2.45) is 28.8 Å². The second kappa shape index (κ2) is 17.3. The molecule has 13 atom stereocenters. The zero-order valence-corrected chi connectivity index (χ0v) is 35.9. The number of amides is 1. The third-order valence-electron chi connectivity index (χ3n) is 12.9. The normalized spacial score (nSPS) is 37.4. The molecule has 1 amide bonds. The summed E-state index contributed by atoms with van der Waals surface area (Å²) in [6, 6.07) is 2.98. The van der Waals surface area contributed by atoms with Crippen molar-refractivity contribution in [1.29, 1.82) is 0 Å². The smallest absolute Gasteiger partial charge is 0.431 e. The molecule has 0 aromatic carbocycles. The lowest BCUT2D eigenvalue weighted by molar-refractivity contribution is -0.295. The summed E-state index contributed by atoms with van der Waals surface area (Å²) in [5.41, 5.74) is 0.187. The second-order valence-corrected chi connectivity index (χ2v) is 17.3. The second-order valence-electron chi connectivity index (χ2n) is 17.3. The molecule has 0 spiro atoms. The summed E-state index contributed by atoms with van der Waals surface area (Å²) in [4.78, 5) is 53.0. The first-order valence-electron chi connectivity index (χ1n) is 20.7. The van der Waals surface area contributed by atoms with Crippen molar-refractivity contribution in [1.82, 2.24) is 29.6 Å². The number of hydrazone groups is 1. The van der Waals surface area contributed by atoms with Gasteiger partial charge in [-0.05, 0) is 85.5 Å². The van der Waals surface area contributed by atoms with E-state index in [4.69, 9.17) is 28.8 Å². The number of hydrazine groups is 1. The van der Waals surface area contributed by atoms with Crippen molar-refractivity contribution in [3.8, 4) is 11.3 Å². The lowest BCUT2D eigenvalue weighted by atomic mass is 9.73. The molecule has 320 valence electrons. The Morgan fingerprint density at radius 2 is 1.74 bits per heavy atom. The van der Waals surface area contributed by atoms with Gasteiger partial charge in [-0.25, -0.2) is 9.78 Å². The molecule has 16 nitrogen and oxygen atoms in total. The molecule has 58 heavy (non-hydrogen) atoms. The molecule has 16 heteroatoms. The van der Waals surface area contributed by atoms with Crippen LogP contribution in [0.1, 0.15) is 81.1 Å². The number of fused-ring (bicyclic) bond motifs is 1. The Balaban J connectivity index is 1.37. The molecule has 1 unspecified atom stereocenters. The number of pyridine rings is 1. The SMILES string of the molecule is CC[C@H]1OC(=O)[C@@H](C)C(=O)[C@@H](C)[C@H](O[C@H]2O[C@@H](C)C[C@@H](N(C)C)[C@@H]2O)C(C)(OC)C[C@@H](C)C2=NN(CCCn3cnc(-c4ccncc4)c3)N3C(=O)O[C@@]1(C)[C@H]3[C@@H]2C. The minimum Gasteiger partial charge on any atom is -0.457 e. The van der Waals surface area contributed by atoms with Crippen LogP contribution in [0, 0.1) is 23.7 Å². The van der Waals surface area contributed by atoms with E-state index in [0.717, 1.165) is 17.0 Å². The average Bonchev–Trinajstić information content (AvgIpc) is 3.78. The summed E-state index contributed by atoms with van der Waals surface area (Å²) < 4.78 is 33.7. The lowest BCUT2D eigenvalue weighted by Crippen LogP contribution is -2.63. The number of ether oxygens (including phenoxy) is 5. The Labute approximate surface area is 342 Å². The number of cyclic esters (lactones) is 1. The Bertz CT molecular complexity index is 1810. The van der Waals surface area contributed by atoms with Gasteiger partial charge < -0.3 is 38.3 Å². The molecule has 0 radical (unpaired) electrons. The van der Waals surface area contributed by atoms with Crippen LogP contribution < -0.4 is 0 Å². The zero-order valence-electron chi connectivity index (χ0n) is 35.9. The molecular formula is C42H63N7O9. The van der Waals surface area contributed by atoms with E-state index >= 15 is 0 Å². The van der Waals surface area contributed by atoms with Gasteiger partial charge in [-0.1, -0.05) is 27.7 Å². The number of carbonyl (C=O) groups excluding carboxylic acids is 3. The number of aryl methyl sites for hydroxylation is 1. The number of hydrogen-bond acceptors (Lipinski definition) is 14. The number of aromatic nitrogens is 3. The number of imidazole rings is 1. The van der Waals surface area contributed by atoms with Gasteiger partial charge in [0.05, 0.1) is 36.4 Å². The Morgan fingerprint density at radius 1 is 1.03 bits per heavy atom. The van der Waals surface area contributed by atoms with E-state index in [1.54, 1.807) is 42.9 Å². The number of methoxy groups -OCH3 is 1. The number of Topliss-reactive ketones (excluding diaryl/α,β-unsaturated/α-hetero) is 1. The lowest BCUT2D eigenvalue weighted by Gasteiger charge is -2.49. The molecule has 4 aliphatic rings. The molecule has 2 bridgehead atoms. The van der Waals surface area contributed by atoms with Crippen molar-refractivity contribution >= 4 is 23.6 Å². The molecule has 0 aliphatic carbocycles. The Morgan fingerprint density at radius 3 is 2.40 bits per heavy atom. The van der Waals surface area contributed by atoms with Gasteiger partial charge in [-0.2, -0.15) is 15.2 Å². The Hall–Kier alpha value is -3.96. The standard InChI is InChI=1S/C42H63N7O9/c1-12-32-42(8)36-26(4)33(45-48(49(36)40(53)58-42)19-13-18-47-22-30(44-23-47)29-14-16-43-17-15-29)24(2)21-41(7,54-11)37(27(5)34(50)28(6)38(52)56-32)57-39-35(51)31(46(9)10)20-25(3)55-39/h14-17,22-28,31-32,35-37,39,51H,12-13,18-21H2,1-11H3/t24-,25+,26-,27-,28+,31-,32-,35+,36-,37+,39-,41?,42-/m1/s1. The van der Waals surface area contributed by atoms with Crippen LogP contribution in [0.15, 0.2) is 42.2 Å². The fraction of sp³-hybridized carbons (Fsp3) is 0.714. The maximum atomic E-state index is 14.4. The fourth-order valence-electron chi connectivity index (χ4n) is 9.67. The van der Waals surface area contributed by atoms with E-state index in [1.807, 2.05) is 76.5 Å². The van der Waals surface area contributed by atoms with Gasteiger partial charge in [0.1, 0.15) is 24.2 Å². The summed E-state index contributed by atoms with van der Waals surface area (Å²) in [5, 5.41) is 20.0. The van der Waals surface area contributed by atoms with Gasteiger partial charge in [0.25, 0.3) is 0 Å². The van der Waals surface area contributed by atoms with Crippen molar-refractivity contribution < 1.29 is 43.2 Å². The first-order chi connectivity index (χ1) is 27.4. The molecule has 6 rings (SSSR count). The highest BCUT2D eigenvalue weighted by Crippen LogP contribution is 2.45. The molecule has 3 saturated heterocycles. The van der Waals surface area contributed by atoms with Crippen LogP contribution in [0.3, 0.4) is 0 Å². The summed E-state index contributed by atoms with van der Waals surface area (Å²) in [6.07, 6.45) is 4.41. The summed E-state index contributed by atoms with van der Waals surface area (Å²) in [5.74, 6) is -3.79. The summed E-state index contributed by atoms with van der Waals surface area (Å²) >= 11 is 0. The maximum absolute atomic E-state index is 14.4. The molecule has 2 aromatic heterocycles. The molecule has 1 N–H and O–H groups in total. The fourth-order valence-corrected chi connectivity index (χ4v) is 9.67. The van der Waals surface area contributed by atoms with Gasteiger partial charge in [-0.3, -0.25) is 14.6 Å². The molecule has 4 aliphatic heterocycles. The van der Waals surface area contributed by atoms with E-state index in [2.05, 4.69) is 16.9 Å². The van der Waals surface area contributed by atoms with Crippen LogP contribution >= 0.6 is 0 Å². The third kappa shape index (κ3) is 8.27. The van der Waals surface area contributed by atoms with Gasteiger partial charge in [0, 0.05) is 61.4 Å². The van der Waals surface area contributed by atoms with E-state index in [-0.39, 0.29) is 24.0 Å². The predicted octanol–water partition coefficient (Wildman–Crippen LogP) is 4.56. The van der Waals surface area contributed by atoms with E-state index < -0.39 is 71.5 Å². The maximum Gasteiger partial charge on any atom is 0.431 e. The van der Waals surface area contributed by atoms with Gasteiger partial charge in [0.15, 0.2) is 17.7 Å². The van der Waals surface area contributed by atoms with Crippen LogP contribution in [0.4, 0.5) is 4.79 Å². The van der Waals surface area contributed by atoms with Crippen LogP contribution in [0.5, 0.6) is 0 Å². The van der Waals surface area contributed by atoms with Crippen LogP contribution in [0.25, 0.3) is 11.3 Å². The zero-order chi connectivity index (χ0) is 42.3. The summed E-state index contributed by atoms with van der Waals surface area (Å²) in [6.45, 7) is 15.8. The van der Waals surface area contributed by atoms with E-state index in [9.17, 15) is 19.5 Å². The average molecular weight is 810 g/mol. The molecule has 0 saturated carbocycles. The summed E-state index contributed by atoms with van der Waals surface area (Å²) in [7, 11) is 5.38. The minimum absolute atomic E-state index is 0.229. The Kier molecular flexibility index (Phi) is 13.0.